The maximum absolute atomic E-state index is 11.0. The van der Waals surface area contributed by atoms with Crippen LogP contribution in [-0.2, 0) is 19.0 Å². The van der Waals surface area contributed by atoms with Gasteiger partial charge in [-0.2, -0.15) is 5.26 Å². The molecule has 0 aromatic carbocycles. The first-order valence-corrected chi connectivity index (χ1v) is 4.61. The Kier molecular flexibility index (Phi) is 10.1. The van der Waals surface area contributed by atoms with Gasteiger partial charge in [-0.3, -0.25) is 4.79 Å². The van der Waals surface area contributed by atoms with Crippen molar-refractivity contribution in [1.82, 2.24) is 5.32 Å². The van der Waals surface area contributed by atoms with Crippen molar-refractivity contribution in [2.75, 3.05) is 40.2 Å². The summed E-state index contributed by atoms with van der Waals surface area (Å²) in [5.74, 6) is -0.304. The van der Waals surface area contributed by atoms with E-state index in [1.54, 1.807) is 0 Å². The molecule has 6 nitrogen and oxygen atoms in total. The van der Waals surface area contributed by atoms with Gasteiger partial charge in [-0.1, -0.05) is 0 Å². The summed E-state index contributed by atoms with van der Waals surface area (Å²) >= 11 is 0. The minimum Gasteiger partial charge on any atom is -0.463 e. The van der Waals surface area contributed by atoms with Crippen molar-refractivity contribution in [2.24, 2.45) is 0 Å². The van der Waals surface area contributed by atoms with Gasteiger partial charge in [0.05, 0.1) is 25.6 Å². The number of hydrogen-bond donors (Lipinski definition) is 1. The maximum atomic E-state index is 11.0. The van der Waals surface area contributed by atoms with E-state index in [9.17, 15) is 4.79 Å². The summed E-state index contributed by atoms with van der Waals surface area (Å²) in [5, 5.41) is 11.0. The molecule has 0 aromatic rings. The second-order valence-electron chi connectivity index (χ2n) is 2.62. The zero-order valence-corrected chi connectivity index (χ0v) is 8.82. The summed E-state index contributed by atoms with van der Waals surface area (Å²) < 4.78 is 14.4. The predicted molar refractivity (Wildman–Crippen MR) is 51.9 cm³/mol. The topological polar surface area (TPSA) is 80.6 Å². The second-order valence-corrected chi connectivity index (χ2v) is 2.62. The Balaban J connectivity index is 3.16. The normalized spacial score (nSPS) is 9.60. The average molecular weight is 216 g/mol. The van der Waals surface area contributed by atoms with Crippen LogP contribution in [0.5, 0.6) is 0 Å². The standard InChI is InChI=1S/C9H16N2O4/c1-13-8-14-6-7-15-9(12)2-4-11-5-3-10/h11H,2,4-8H2,1H3. The number of hydrogen-bond acceptors (Lipinski definition) is 6. The molecule has 0 amide bonds. The molecule has 0 rings (SSSR count). The van der Waals surface area contributed by atoms with Gasteiger partial charge < -0.3 is 19.5 Å². The van der Waals surface area contributed by atoms with Crippen molar-refractivity contribution in [3.8, 4) is 6.07 Å². The lowest BCUT2D eigenvalue weighted by atomic mass is 10.4. The molecule has 0 saturated heterocycles. The van der Waals surface area contributed by atoms with Gasteiger partial charge in [0.2, 0.25) is 0 Å². The second kappa shape index (κ2) is 10.9. The van der Waals surface area contributed by atoms with E-state index in [-0.39, 0.29) is 32.3 Å². The highest BCUT2D eigenvalue weighted by Gasteiger charge is 2.01. The number of ether oxygens (including phenoxy) is 3. The third-order valence-electron chi connectivity index (χ3n) is 1.40. The molecule has 0 aromatic heterocycles. The van der Waals surface area contributed by atoms with Crippen molar-refractivity contribution in [1.29, 1.82) is 5.26 Å². The molecule has 86 valence electrons. The Bertz CT molecular complexity index is 203. The van der Waals surface area contributed by atoms with Crippen LogP contribution in [0.25, 0.3) is 0 Å². The molecule has 0 atom stereocenters. The summed E-state index contributed by atoms with van der Waals surface area (Å²) in [6.07, 6.45) is 0.256. The third kappa shape index (κ3) is 10.8. The fourth-order valence-corrected chi connectivity index (χ4v) is 0.764. The Morgan fingerprint density at radius 3 is 2.93 bits per heavy atom. The van der Waals surface area contributed by atoms with E-state index in [2.05, 4.69) is 10.1 Å². The maximum Gasteiger partial charge on any atom is 0.307 e. The number of nitriles is 1. The molecule has 0 aliphatic carbocycles. The van der Waals surface area contributed by atoms with E-state index in [1.165, 1.54) is 7.11 Å². The van der Waals surface area contributed by atoms with E-state index in [4.69, 9.17) is 14.7 Å². The number of carbonyl (C=O) groups excluding carboxylic acids is 1. The van der Waals surface area contributed by atoms with Crippen molar-refractivity contribution in [3.05, 3.63) is 0 Å². The van der Waals surface area contributed by atoms with Crippen molar-refractivity contribution in [3.63, 3.8) is 0 Å². The number of nitrogens with one attached hydrogen (secondary N) is 1. The largest absolute Gasteiger partial charge is 0.463 e. The molecular weight excluding hydrogens is 200 g/mol. The van der Waals surface area contributed by atoms with Gasteiger partial charge in [0, 0.05) is 13.7 Å². The molecule has 1 N–H and O–H groups in total. The van der Waals surface area contributed by atoms with Crippen LogP contribution in [0.15, 0.2) is 0 Å². The molecular formula is C9H16N2O4. The van der Waals surface area contributed by atoms with Gasteiger partial charge >= 0.3 is 5.97 Å². The third-order valence-corrected chi connectivity index (χ3v) is 1.40. The molecule has 0 heterocycles. The summed E-state index contributed by atoms with van der Waals surface area (Å²) in [7, 11) is 1.52. The molecule has 0 saturated carbocycles. The fraction of sp³-hybridized carbons (Fsp3) is 0.778. The number of methoxy groups -OCH3 is 1. The van der Waals surface area contributed by atoms with Crippen LogP contribution in [0, 0.1) is 11.3 Å². The first-order valence-electron chi connectivity index (χ1n) is 4.61. The molecule has 0 radical (unpaired) electrons. The monoisotopic (exact) mass is 216 g/mol. The van der Waals surface area contributed by atoms with Crippen LogP contribution in [0.1, 0.15) is 6.42 Å². The van der Waals surface area contributed by atoms with Crippen LogP contribution >= 0.6 is 0 Å². The molecule has 0 aliphatic rings. The summed E-state index contributed by atoms with van der Waals surface area (Å²) in [5.41, 5.74) is 0. The van der Waals surface area contributed by atoms with Gasteiger partial charge in [-0.25, -0.2) is 0 Å². The Morgan fingerprint density at radius 2 is 2.27 bits per heavy atom. The summed E-state index contributed by atoms with van der Waals surface area (Å²) in [6, 6.07) is 1.91. The number of rotatable bonds is 9. The van der Waals surface area contributed by atoms with E-state index in [0.717, 1.165) is 0 Å². The number of carbonyl (C=O) groups is 1. The first kappa shape index (κ1) is 13.8. The fourth-order valence-electron chi connectivity index (χ4n) is 0.764. The van der Waals surface area contributed by atoms with E-state index in [0.29, 0.717) is 13.2 Å². The average Bonchev–Trinajstić information content (AvgIpc) is 2.24. The van der Waals surface area contributed by atoms with Crippen molar-refractivity contribution in [2.45, 2.75) is 6.42 Å². The molecule has 0 spiro atoms. The molecule has 0 unspecified atom stereocenters. The number of esters is 1. The predicted octanol–water partition coefficient (Wildman–Crippen LogP) is -0.347. The zero-order chi connectivity index (χ0) is 11.4. The van der Waals surface area contributed by atoms with Crippen LogP contribution in [-0.4, -0.2) is 46.2 Å². The Labute approximate surface area is 89.1 Å². The lowest BCUT2D eigenvalue weighted by Crippen LogP contribution is -2.20. The van der Waals surface area contributed by atoms with Gasteiger partial charge in [0.15, 0.2) is 0 Å². The Hall–Kier alpha value is -1.16. The van der Waals surface area contributed by atoms with Gasteiger partial charge in [0.25, 0.3) is 0 Å². The quantitative estimate of drug-likeness (QED) is 0.246. The lowest BCUT2D eigenvalue weighted by molar-refractivity contribution is -0.146. The van der Waals surface area contributed by atoms with Crippen molar-refractivity contribution < 1.29 is 19.0 Å². The van der Waals surface area contributed by atoms with Gasteiger partial charge in [-0.15, -0.1) is 0 Å². The molecule has 6 heteroatoms. The minimum atomic E-state index is -0.304. The van der Waals surface area contributed by atoms with E-state index < -0.39 is 0 Å². The van der Waals surface area contributed by atoms with Gasteiger partial charge in [-0.05, 0) is 0 Å². The van der Waals surface area contributed by atoms with Crippen LogP contribution in [0.4, 0.5) is 0 Å². The summed E-state index contributed by atoms with van der Waals surface area (Å²) in [4.78, 5) is 11.0. The minimum absolute atomic E-state index is 0.196. The smallest absolute Gasteiger partial charge is 0.307 e. The molecule has 0 aliphatic heterocycles. The zero-order valence-electron chi connectivity index (χ0n) is 8.82. The van der Waals surface area contributed by atoms with Crippen LogP contribution in [0.2, 0.25) is 0 Å². The highest BCUT2D eigenvalue weighted by molar-refractivity contribution is 5.69. The SMILES string of the molecule is COCOCCOC(=O)CCNCC#N. The highest BCUT2D eigenvalue weighted by atomic mass is 16.7. The first-order chi connectivity index (χ1) is 7.31. The van der Waals surface area contributed by atoms with Gasteiger partial charge in [0.1, 0.15) is 13.4 Å². The summed E-state index contributed by atoms with van der Waals surface area (Å²) in [6.45, 7) is 1.43. The van der Waals surface area contributed by atoms with Crippen molar-refractivity contribution >= 4 is 5.97 Å². The lowest BCUT2D eigenvalue weighted by Gasteiger charge is -2.05. The highest BCUT2D eigenvalue weighted by Crippen LogP contribution is 1.85. The number of nitrogens with zero attached hydrogens (tertiary/aromatic N) is 1. The molecule has 0 bridgehead atoms. The van der Waals surface area contributed by atoms with E-state index in [1.807, 2.05) is 6.07 Å². The van der Waals surface area contributed by atoms with Crippen LogP contribution < -0.4 is 5.32 Å². The molecule has 0 fully saturated rings. The van der Waals surface area contributed by atoms with Crippen LogP contribution in [0.3, 0.4) is 0 Å². The molecule has 15 heavy (non-hydrogen) atoms. The Morgan fingerprint density at radius 1 is 1.47 bits per heavy atom. The van der Waals surface area contributed by atoms with E-state index >= 15 is 0 Å².